The van der Waals surface area contributed by atoms with Crippen molar-refractivity contribution in [2.75, 3.05) is 0 Å². The molecule has 15 heavy (non-hydrogen) atoms. The Bertz CT molecular complexity index is 471. The standard InChI is InChI=1S/C8H12N4O2S/c1-7(3-4-9)11-15(13,14)8-5-12(2)6-10-8/h5-7,11H,3H2,1-2H3. The van der Waals surface area contributed by atoms with Gasteiger partial charge < -0.3 is 4.57 Å². The highest BCUT2D eigenvalue weighted by Crippen LogP contribution is 2.05. The number of rotatable bonds is 4. The summed E-state index contributed by atoms with van der Waals surface area (Å²) in [5.74, 6) is 0. The highest BCUT2D eigenvalue weighted by Gasteiger charge is 2.19. The lowest BCUT2D eigenvalue weighted by Gasteiger charge is -2.08. The average molecular weight is 228 g/mol. The number of nitrogens with one attached hydrogen (secondary N) is 1. The van der Waals surface area contributed by atoms with Crippen LogP contribution in [-0.2, 0) is 17.1 Å². The Morgan fingerprint density at radius 3 is 2.87 bits per heavy atom. The third kappa shape index (κ3) is 3.04. The summed E-state index contributed by atoms with van der Waals surface area (Å²) in [6.07, 6.45) is 2.94. The van der Waals surface area contributed by atoms with Gasteiger partial charge in [-0.3, -0.25) is 0 Å². The first-order valence-corrected chi connectivity index (χ1v) is 5.81. The van der Waals surface area contributed by atoms with Crippen LogP contribution in [0.4, 0.5) is 0 Å². The van der Waals surface area contributed by atoms with Crippen molar-refractivity contribution in [3.8, 4) is 6.07 Å². The molecule has 1 N–H and O–H groups in total. The molecule has 1 heterocycles. The SMILES string of the molecule is CC(CC#N)NS(=O)(=O)c1cn(C)cn1. The highest BCUT2D eigenvalue weighted by molar-refractivity contribution is 7.89. The van der Waals surface area contributed by atoms with E-state index < -0.39 is 16.1 Å². The quantitative estimate of drug-likeness (QED) is 0.785. The van der Waals surface area contributed by atoms with Crippen molar-refractivity contribution in [3.05, 3.63) is 12.5 Å². The molecule has 1 aromatic heterocycles. The molecule has 1 rings (SSSR count). The predicted molar refractivity (Wildman–Crippen MR) is 53.2 cm³/mol. The molecule has 7 heteroatoms. The molecule has 1 atom stereocenters. The van der Waals surface area contributed by atoms with Crippen molar-refractivity contribution in [3.63, 3.8) is 0 Å². The number of hydrogen-bond acceptors (Lipinski definition) is 4. The van der Waals surface area contributed by atoms with E-state index in [1.807, 2.05) is 6.07 Å². The number of imidazole rings is 1. The van der Waals surface area contributed by atoms with Crippen molar-refractivity contribution in [1.29, 1.82) is 5.26 Å². The van der Waals surface area contributed by atoms with Crippen LogP contribution in [0.2, 0.25) is 0 Å². The average Bonchev–Trinajstić information content (AvgIpc) is 2.51. The Balaban J connectivity index is 2.81. The summed E-state index contributed by atoms with van der Waals surface area (Å²) in [7, 11) is -1.91. The summed E-state index contributed by atoms with van der Waals surface area (Å²) in [4.78, 5) is 3.73. The first kappa shape index (κ1) is 11.7. The van der Waals surface area contributed by atoms with Gasteiger partial charge in [-0.25, -0.2) is 18.1 Å². The highest BCUT2D eigenvalue weighted by atomic mass is 32.2. The zero-order valence-electron chi connectivity index (χ0n) is 8.51. The Labute approximate surface area is 88.6 Å². The predicted octanol–water partition coefficient (Wildman–Crippen LogP) is 0.000580. The minimum Gasteiger partial charge on any atom is -0.339 e. The molecule has 0 saturated carbocycles. The van der Waals surface area contributed by atoms with Gasteiger partial charge in [0.25, 0.3) is 10.0 Å². The summed E-state index contributed by atoms with van der Waals surface area (Å²) in [6.45, 7) is 1.63. The molecule has 0 amide bonds. The number of nitriles is 1. The molecule has 0 saturated heterocycles. The van der Waals surface area contributed by atoms with Gasteiger partial charge in [-0.2, -0.15) is 5.26 Å². The molecular formula is C8H12N4O2S. The van der Waals surface area contributed by atoms with Crippen molar-refractivity contribution in [1.82, 2.24) is 14.3 Å². The van der Waals surface area contributed by atoms with Crippen LogP contribution >= 0.6 is 0 Å². The summed E-state index contributed by atoms with van der Waals surface area (Å²) < 4.78 is 27.2. The van der Waals surface area contributed by atoms with Gasteiger partial charge in [0.2, 0.25) is 0 Å². The van der Waals surface area contributed by atoms with Gasteiger partial charge in [0.05, 0.1) is 18.8 Å². The van der Waals surface area contributed by atoms with Crippen LogP contribution < -0.4 is 4.72 Å². The zero-order chi connectivity index (χ0) is 11.5. The molecule has 6 nitrogen and oxygen atoms in total. The second kappa shape index (κ2) is 4.42. The molecule has 0 bridgehead atoms. The minimum atomic E-state index is -3.59. The van der Waals surface area contributed by atoms with Gasteiger partial charge >= 0.3 is 0 Å². The molecule has 82 valence electrons. The third-order valence-corrected chi connectivity index (χ3v) is 3.18. The lowest BCUT2D eigenvalue weighted by atomic mass is 10.3. The van der Waals surface area contributed by atoms with E-state index in [1.54, 1.807) is 18.5 Å². The van der Waals surface area contributed by atoms with E-state index in [4.69, 9.17) is 5.26 Å². The number of aryl methyl sites for hydroxylation is 1. The van der Waals surface area contributed by atoms with Crippen molar-refractivity contribution in [2.45, 2.75) is 24.4 Å². The fourth-order valence-corrected chi connectivity index (χ4v) is 2.26. The smallest absolute Gasteiger partial charge is 0.259 e. The maximum atomic E-state index is 11.6. The topological polar surface area (TPSA) is 87.8 Å². The van der Waals surface area contributed by atoms with Gasteiger partial charge in [-0.1, -0.05) is 0 Å². The van der Waals surface area contributed by atoms with E-state index in [0.717, 1.165) is 0 Å². The molecule has 0 radical (unpaired) electrons. The molecule has 1 unspecified atom stereocenters. The van der Waals surface area contributed by atoms with Crippen molar-refractivity contribution >= 4 is 10.0 Å². The summed E-state index contributed by atoms with van der Waals surface area (Å²) in [6, 6.07) is 1.48. The van der Waals surface area contributed by atoms with Crippen LogP contribution in [0.3, 0.4) is 0 Å². The van der Waals surface area contributed by atoms with E-state index in [9.17, 15) is 8.42 Å². The molecular weight excluding hydrogens is 216 g/mol. The van der Waals surface area contributed by atoms with E-state index in [0.29, 0.717) is 0 Å². The number of nitrogens with zero attached hydrogens (tertiary/aromatic N) is 3. The number of hydrogen-bond donors (Lipinski definition) is 1. The van der Waals surface area contributed by atoms with Crippen molar-refractivity contribution in [2.24, 2.45) is 7.05 Å². The molecule has 0 fully saturated rings. The first-order chi connectivity index (χ1) is 6.95. The van der Waals surface area contributed by atoms with Crippen LogP contribution in [0.5, 0.6) is 0 Å². The van der Waals surface area contributed by atoms with Crippen LogP contribution in [0, 0.1) is 11.3 Å². The van der Waals surface area contributed by atoms with Crippen LogP contribution in [0.1, 0.15) is 13.3 Å². The Kier molecular flexibility index (Phi) is 3.44. The van der Waals surface area contributed by atoms with Crippen LogP contribution in [0.25, 0.3) is 0 Å². The van der Waals surface area contributed by atoms with Gasteiger partial charge in [0.1, 0.15) is 0 Å². The molecule has 0 aromatic carbocycles. The first-order valence-electron chi connectivity index (χ1n) is 4.33. The van der Waals surface area contributed by atoms with Gasteiger partial charge in [-0.15, -0.1) is 0 Å². The lowest BCUT2D eigenvalue weighted by Crippen LogP contribution is -2.32. The van der Waals surface area contributed by atoms with Gasteiger partial charge in [0, 0.05) is 19.3 Å². The van der Waals surface area contributed by atoms with Crippen molar-refractivity contribution < 1.29 is 8.42 Å². The summed E-state index contributed by atoms with van der Waals surface area (Å²) in [5, 5.41) is 8.37. The Morgan fingerprint density at radius 1 is 1.73 bits per heavy atom. The molecule has 0 spiro atoms. The molecule has 0 aliphatic heterocycles. The molecule has 1 aromatic rings. The lowest BCUT2D eigenvalue weighted by molar-refractivity contribution is 0.560. The normalized spacial score (nSPS) is 13.4. The summed E-state index contributed by atoms with van der Waals surface area (Å²) >= 11 is 0. The summed E-state index contributed by atoms with van der Waals surface area (Å²) in [5.41, 5.74) is 0. The monoisotopic (exact) mass is 228 g/mol. The van der Waals surface area contributed by atoms with E-state index >= 15 is 0 Å². The van der Waals surface area contributed by atoms with E-state index in [1.165, 1.54) is 12.5 Å². The fraction of sp³-hybridized carbons (Fsp3) is 0.500. The van der Waals surface area contributed by atoms with E-state index in [-0.39, 0.29) is 11.4 Å². The van der Waals surface area contributed by atoms with E-state index in [2.05, 4.69) is 9.71 Å². The largest absolute Gasteiger partial charge is 0.339 e. The van der Waals surface area contributed by atoms with Crippen LogP contribution in [0.15, 0.2) is 17.6 Å². The zero-order valence-corrected chi connectivity index (χ0v) is 9.32. The third-order valence-electron chi connectivity index (χ3n) is 1.71. The molecule has 0 aliphatic carbocycles. The molecule has 0 aliphatic rings. The second-order valence-corrected chi connectivity index (χ2v) is 4.92. The second-order valence-electron chi connectivity index (χ2n) is 3.26. The van der Waals surface area contributed by atoms with Gasteiger partial charge in [0.15, 0.2) is 5.03 Å². The maximum Gasteiger partial charge on any atom is 0.259 e. The van der Waals surface area contributed by atoms with Gasteiger partial charge in [-0.05, 0) is 6.92 Å². The maximum absolute atomic E-state index is 11.6. The number of sulfonamides is 1. The minimum absolute atomic E-state index is 0.0326. The fourth-order valence-electron chi connectivity index (χ4n) is 1.03. The number of aromatic nitrogens is 2. The Morgan fingerprint density at radius 2 is 2.40 bits per heavy atom. The van der Waals surface area contributed by atoms with Crippen LogP contribution in [-0.4, -0.2) is 24.0 Å². The Hall–Kier alpha value is -1.39.